The first-order valence-electron chi connectivity index (χ1n) is 11.9. The zero-order chi connectivity index (χ0) is 24.7. The third-order valence-corrected chi connectivity index (χ3v) is 6.58. The number of hydrogen-bond donors (Lipinski definition) is 3. The number of nitrogens with one attached hydrogen (secondary N) is 1. The minimum Gasteiger partial charge on any atom is -0.444 e. The molecule has 0 bridgehead atoms. The molecule has 8 nitrogen and oxygen atoms in total. The molecule has 0 unspecified atom stereocenters. The number of fused-ring (bicyclic) bond motifs is 1. The summed E-state index contributed by atoms with van der Waals surface area (Å²) in [5.41, 5.74) is 2.63. The van der Waals surface area contributed by atoms with Crippen LogP contribution < -0.4 is 5.32 Å². The lowest BCUT2D eigenvalue weighted by Gasteiger charge is -2.31. The summed E-state index contributed by atoms with van der Waals surface area (Å²) in [5.74, 6) is 0.483. The van der Waals surface area contributed by atoms with Gasteiger partial charge in [0.15, 0.2) is 5.69 Å². The molecular weight excluding hydrogens is 444 g/mol. The highest BCUT2D eigenvalue weighted by atomic mass is 16.3. The second kappa shape index (κ2) is 8.94. The summed E-state index contributed by atoms with van der Waals surface area (Å²) in [5, 5.41) is 28.7. The van der Waals surface area contributed by atoms with Crippen molar-refractivity contribution in [2.24, 2.45) is 5.92 Å². The van der Waals surface area contributed by atoms with Crippen molar-refractivity contribution in [3.05, 3.63) is 65.7 Å². The first-order chi connectivity index (χ1) is 16.7. The lowest BCUT2D eigenvalue weighted by molar-refractivity contribution is 0.0369. The van der Waals surface area contributed by atoms with Crippen LogP contribution in [0.25, 0.3) is 22.4 Å². The van der Waals surface area contributed by atoms with E-state index in [4.69, 9.17) is 4.42 Å². The average molecular weight is 475 g/mol. The number of nitrogens with zero attached hydrogens (tertiary/aromatic N) is 3. The largest absolute Gasteiger partial charge is 0.444 e. The molecule has 8 heteroatoms. The third kappa shape index (κ3) is 4.99. The van der Waals surface area contributed by atoms with E-state index in [1.807, 2.05) is 54.2 Å². The van der Waals surface area contributed by atoms with Crippen LogP contribution in [0.15, 0.2) is 53.3 Å². The van der Waals surface area contributed by atoms with Gasteiger partial charge < -0.3 is 19.9 Å². The number of carbonyl (C=O) groups is 1. The van der Waals surface area contributed by atoms with Crippen LogP contribution in [0.2, 0.25) is 0 Å². The Morgan fingerprint density at radius 3 is 2.77 bits per heavy atom. The highest BCUT2D eigenvalue weighted by Gasteiger charge is 2.27. The molecule has 182 valence electrons. The van der Waals surface area contributed by atoms with Gasteiger partial charge in [0.1, 0.15) is 6.26 Å². The molecule has 0 saturated heterocycles. The number of aliphatic hydroxyl groups excluding tert-OH is 1. The van der Waals surface area contributed by atoms with Crippen LogP contribution in [0.5, 0.6) is 0 Å². The Morgan fingerprint density at radius 1 is 1.26 bits per heavy atom. The van der Waals surface area contributed by atoms with Gasteiger partial charge in [0.05, 0.1) is 17.2 Å². The normalized spacial score (nSPS) is 18.0. The molecule has 1 amide bonds. The Kier molecular flexibility index (Phi) is 5.94. The van der Waals surface area contributed by atoms with Crippen LogP contribution in [0.1, 0.15) is 54.7 Å². The summed E-state index contributed by atoms with van der Waals surface area (Å²) in [7, 11) is 0. The second-order valence-corrected chi connectivity index (χ2v) is 10.0. The quantitative estimate of drug-likeness (QED) is 0.360. The van der Waals surface area contributed by atoms with E-state index >= 15 is 0 Å². The Balaban J connectivity index is 1.38. The highest BCUT2D eigenvalue weighted by Crippen LogP contribution is 2.33. The van der Waals surface area contributed by atoms with E-state index in [1.165, 1.54) is 6.26 Å². The standard InChI is InChI=1S/C27H30N4O4/c1-16-5-4-6-18(9-16)26-29-24(15-35-26)25(33)28-23-12-19-14-31(8-7-17-10-20(32)11-17)30-22(19)13-21(23)27(2,3)34/h4-6,9,12-15,17,20,32,34H,7-8,10-11H2,1-3H3,(H,28,33). The molecule has 35 heavy (non-hydrogen) atoms. The maximum Gasteiger partial charge on any atom is 0.277 e. The highest BCUT2D eigenvalue weighted by molar-refractivity contribution is 6.04. The van der Waals surface area contributed by atoms with Crippen LogP contribution in [-0.4, -0.2) is 37.0 Å². The Morgan fingerprint density at radius 2 is 2.06 bits per heavy atom. The van der Waals surface area contributed by atoms with Gasteiger partial charge in [0.2, 0.25) is 5.89 Å². The van der Waals surface area contributed by atoms with Crippen LogP contribution in [0, 0.1) is 12.8 Å². The van der Waals surface area contributed by atoms with Crippen molar-refractivity contribution in [3.63, 3.8) is 0 Å². The molecule has 5 rings (SSSR count). The molecule has 0 atom stereocenters. The van der Waals surface area contributed by atoms with E-state index in [0.717, 1.165) is 47.8 Å². The summed E-state index contributed by atoms with van der Waals surface area (Å²) in [6.45, 7) is 6.09. The molecular formula is C27H30N4O4. The number of carbonyl (C=O) groups excluding carboxylic acids is 1. The molecule has 2 heterocycles. The van der Waals surface area contributed by atoms with E-state index in [2.05, 4.69) is 15.4 Å². The van der Waals surface area contributed by atoms with Crippen LogP contribution in [0.3, 0.4) is 0 Å². The van der Waals surface area contributed by atoms with E-state index in [9.17, 15) is 15.0 Å². The molecule has 4 aromatic rings. The second-order valence-electron chi connectivity index (χ2n) is 10.0. The van der Waals surface area contributed by atoms with E-state index in [1.54, 1.807) is 13.8 Å². The zero-order valence-electron chi connectivity index (χ0n) is 20.2. The van der Waals surface area contributed by atoms with Crippen molar-refractivity contribution in [3.8, 4) is 11.5 Å². The van der Waals surface area contributed by atoms with Gasteiger partial charge in [0, 0.05) is 34.9 Å². The Labute approximate surface area is 203 Å². The van der Waals surface area contributed by atoms with Gasteiger partial charge in [0.25, 0.3) is 5.91 Å². The molecule has 2 aromatic heterocycles. The van der Waals surface area contributed by atoms with Crippen molar-refractivity contribution in [1.29, 1.82) is 0 Å². The molecule has 0 aliphatic heterocycles. The summed E-state index contributed by atoms with van der Waals surface area (Å²) in [4.78, 5) is 17.4. The average Bonchev–Trinajstić information content (AvgIpc) is 3.41. The number of rotatable bonds is 7. The smallest absolute Gasteiger partial charge is 0.277 e. The molecule has 1 saturated carbocycles. The molecule has 3 N–H and O–H groups in total. The first kappa shape index (κ1) is 23.3. The minimum atomic E-state index is -1.20. The van der Waals surface area contributed by atoms with E-state index < -0.39 is 11.5 Å². The summed E-state index contributed by atoms with van der Waals surface area (Å²) in [6, 6.07) is 11.4. The monoisotopic (exact) mass is 474 g/mol. The van der Waals surface area contributed by atoms with Crippen LogP contribution in [0.4, 0.5) is 5.69 Å². The van der Waals surface area contributed by atoms with Crippen molar-refractivity contribution in [2.45, 2.75) is 58.3 Å². The fraction of sp³-hybridized carbons (Fsp3) is 0.370. The summed E-state index contributed by atoms with van der Waals surface area (Å²) >= 11 is 0. The van der Waals surface area contributed by atoms with Gasteiger partial charge in [-0.05, 0) is 70.2 Å². The number of aliphatic hydroxyl groups is 2. The first-order valence-corrected chi connectivity index (χ1v) is 11.9. The number of hydrogen-bond acceptors (Lipinski definition) is 6. The molecule has 0 radical (unpaired) electrons. The SMILES string of the molecule is Cc1cccc(-c2nc(C(=O)Nc3cc4cn(CCC5CC(O)C5)nc4cc3C(C)(C)O)co2)c1. The van der Waals surface area contributed by atoms with Gasteiger partial charge in [-0.3, -0.25) is 9.48 Å². The van der Waals surface area contributed by atoms with E-state index in [-0.39, 0.29) is 11.8 Å². The lowest BCUT2D eigenvalue weighted by Crippen LogP contribution is -2.29. The predicted octanol–water partition coefficient (Wildman–Crippen LogP) is 4.64. The lowest BCUT2D eigenvalue weighted by atomic mass is 9.80. The number of oxazole rings is 1. The van der Waals surface area contributed by atoms with Crippen molar-refractivity contribution in [1.82, 2.24) is 14.8 Å². The molecule has 1 aliphatic rings. The topological polar surface area (TPSA) is 113 Å². The number of benzene rings is 2. The van der Waals surface area contributed by atoms with Gasteiger partial charge in [-0.2, -0.15) is 5.10 Å². The number of aryl methyl sites for hydroxylation is 2. The molecule has 1 fully saturated rings. The Hall–Kier alpha value is -3.49. The third-order valence-electron chi connectivity index (χ3n) is 6.58. The molecule has 1 aliphatic carbocycles. The summed E-state index contributed by atoms with van der Waals surface area (Å²) in [6.07, 6.45) is 5.80. The zero-order valence-corrected chi connectivity index (χ0v) is 20.2. The molecule has 2 aromatic carbocycles. The minimum absolute atomic E-state index is 0.154. The fourth-order valence-electron chi connectivity index (χ4n) is 4.57. The summed E-state index contributed by atoms with van der Waals surface area (Å²) < 4.78 is 7.44. The van der Waals surface area contributed by atoms with Gasteiger partial charge in [-0.15, -0.1) is 0 Å². The predicted molar refractivity (Wildman–Crippen MR) is 133 cm³/mol. The van der Waals surface area contributed by atoms with Crippen molar-refractivity contribution >= 4 is 22.5 Å². The number of anilines is 1. The fourth-order valence-corrected chi connectivity index (χ4v) is 4.57. The number of aromatic nitrogens is 3. The van der Waals surface area contributed by atoms with Gasteiger partial charge in [-0.1, -0.05) is 17.7 Å². The van der Waals surface area contributed by atoms with Gasteiger partial charge in [-0.25, -0.2) is 4.98 Å². The van der Waals surface area contributed by atoms with E-state index in [0.29, 0.717) is 23.1 Å². The molecule has 0 spiro atoms. The Bertz CT molecular complexity index is 1380. The number of amides is 1. The van der Waals surface area contributed by atoms with Crippen LogP contribution in [-0.2, 0) is 12.1 Å². The maximum atomic E-state index is 13.0. The van der Waals surface area contributed by atoms with Crippen molar-refractivity contribution in [2.75, 3.05) is 5.32 Å². The van der Waals surface area contributed by atoms with Crippen molar-refractivity contribution < 1.29 is 19.4 Å². The maximum absolute atomic E-state index is 13.0. The van der Waals surface area contributed by atoms with Crippen LogP contribution >= 0.6 is 0 Å². The van der Waals surface area contributed by atoms with Gasteiger partial charge >= 0.3 is 0 Å².